The zero-order valence-corrected chi connectivity index (χ0v) is 25.4. The maximum absolute atomic E-state index is 14.7. The zero-order valence-electron chi connectivity index (χ0n) is 22.4. The Kier molecular flexibility index (Phi) is 8.82. The van der Waals surface area contributed by atoms with Gasteiger partial charge in [-0.1, -0.05) is 39.3 Å². The molecule has 0 aliphatic heterocycles. The Balaban J connectivity index is 2.15. The van der Waals surface area contributed by atoms with E-state index in [4.69, 9.17) is 0 Å². The Hall–Kier alpha value is -2.92. The molecule has 0 aliphatic rings. The van der Waals surface area contributed by atoms with E-state index < -0.39 is 81.8 Å². The topological polar surface area (TPSA) is 36.1 Å². The molecule has 218 valence electrons. The van der Waals surface area contributed by atoms with Crippen LogP contribution in [0.1, 0.15) is 0 Å². The first-order chi connectivity index (χ1) is 18.3. The monoisotopic (exact) mass is 625 g/mol. The molecule has 0 radical (unpaired) electrons. The van der Waals surface area contributed by atoms with Gasteiger partial charge in [0.05, 0.1) is 17.1 Å². The van der Waals surface area contributed by atoms with Gasteiger partial charge < -0.3 is 14.9 Å². The number of hydrogen-bond donors (Lipinski definition) is 3. The molecule has 15 heteroatoms. The minimum absolute atomic E-state index is 0.340. The summed E-state index contributed by atoms with van der Waals surface area (Å²) in [4.78, 5) is 8.42. The van der Waals surface area contributed by atoms with Gasteiger partial charge in [-0.2, -0.15) is 0 Å². The van der Waals surface area contributed by atoms with E-state index in [2.05, 4.69) is 14.9 Å². The molecule has 0 aromatic heterocycles. The number of rotatable bonds is 9. The zero-order chi connectivity index (χ0) is 30.4. The Morgan fingerprint density at radius 1 is 0.400 bits per heavy atom. The summed E-state index contributed by atoms with van der Waals surface area (Å²) in [7, 11) is -9.51. The van der Waals surface area contributed by atoms with E-state index in [0.717, 1.165) is 36.4 Å². The van der Waals surface area contributed by atoms with Crippen molar-refractivity contribution in [3.05, 3.63) is 88.8 Å². The molecule has 3 aromatic rings. The minimum atomic E-state index is -3.17. The van der Waals surface area contributed by atoms with Crippen LogP contribution in [0.3, 0.4) is 0 Å². The third kappa shape index (κ3) is 6.20. The van der Waals surface area contributed by atoms with E-state index in [1.54, 1.807) is 39.3 Å². The average molecular weight is 626 g/mol. The number of halogens is 9. The van der Waals surface area contributed by atoms with Gasteiger partial charge in [-0.15, -0.1) is 0 Å². The lowest BCUT2D eigenvalue weighted by molar-refractivity contribution is 0.449. The molecule has 3 nitrogen and oxygen atoms in total. The molecule has 0 atom stereocenters. The summed E-state index contributed by atoms with van der Waals surface area (Å²) in [6.45, 7) is 10.4. The van der Waals surface area contributed by atoms with Crippen LogP contribution < -0.4 is 14.9 Å². The van der Waals surface area contributed by atoms with Crippen LogP contribution in [-0.2, 0) is 0 Å². The highest BCUT2D eigenvalue weighted by molar-refractivity contribution is 7.15. The molecule has 0 heterocycles. The van der Waals surface area contributed by atoms with Crippen molar-refractivity contribution < 1.29 is 39.5 Å². The highest BCUT2D eigenvalue weighted by Gasteiger charge is 2.54. The van der Waals surface area contributed by atoms with E-state index in [0.29, 0.717) is 0 Å². The van der Waals surface area contributed by atoms with Crippen molar-refractivity contribution in [3.63, 3.8) is 0 Å². The van der Waals surface area contributed by atoms with Gasteiger partial charge in [0.1, 0.15) is 24.7 Å². The smallest absolute Gasteiger partial charge is 0.196 e. The lowest BCUT2D eigenvalue weighted by Crippen LogP contribution is -2.67. The van der Waals surface area contributed by atoms with Crippen LogP contribution in [0.4, 0.5) is 56.6 Å². The summed E-state index contributed by atoms with van der Waals surface area (Å²) < 4.78 is 127. The predicted octanol–water partition coefficient (Wildman–Crippen LogP) is 8.64. The number of anilines is 3. The first kappa shape index (κ1) is 31.6. The quantitative estimate of drug-likeness (QED) is 0.127. The third-order valence-corrected chi connectivity index (χ3v) is 26.7. The molecule has 0 spiro atoms. The number of nitrogens with one attached hydrogen (secondary N) is 3. The molecule has 0 saturated carbocycles. The molecule has 3 aromatic carbocycles. The normalized spacial score (nSPS) is 12.6. The summed E-state index contributed by atoms with van der Waals surface area (Å²) in [5.74, 6) is -13.6. The second-order valence-corrected chi connectivity index (χ2v) is 25.7. The summed E-state index contributed by atoms with van der Waals surface area (Å²) in [6.07, 6.45) is 0. The van der Waals surface area contributed by atoms with Gasteiger partial charge in [0, 0.05) is 0 Å². The Morgan fingerprint density at radius 3 is 0.850 bits per heavy atom. The first-order valence-electron chi connectivity index (χ1n) is 12.0. The molecular formula is C25H28F9N3Si3. The van der Waals surface area contributed by atoms with Crippen LogP contribution in [0.25, 0.3) is 0 Å². The van der Waals surface area contributed by atoms with Crippen molar-refractivity contribution in [1.82, 2.24) is 0 Å². The minimum Gasteiger partial charge on any atom is -0.408 e. The molecule has 40 heavy (non-hydrogen) atoms. The maximum atomic E-state index is 14.7. The summed E-state index contributed by atoms with van der Waals surface area (Å²) in [6, 6.07) is 5.30. The average Bonchev–Trinajstić information content (AvgIpc) is 2.84. The molecule has 0 unspecified atom stereocenters. The van der Waals surface area contributed by atoms with Crippen molar-refractivity contribution in [2.24, 2.45) is 0 Å². The molecule has 3 N–H and O–H groups in total. The molecule has 0 amide bonds. The molecule has 3 rings (SSSR count). The van der Waals surface area contributed by atoms with E-state index in [-0.39, 0.29) is 17.1 Å². The Labute approximate surface area is 229 Å². The number of benzene rings is 3. The van der Waals surface area contributed by atoms with Gasteiger partial charge in [-0.05, 0) is 41.2 Å². The fourth-order valence-corrected chi connectivity index (χ4v) is 31.9. The van der Waals surface area contributed by atoms with Gasteiger partial charge >= 0.3 is 0 Å². The molecule has 0 bridgehead atoms. The van der Waals surface area contributed by atoms with Crippen molar-refractivity contribution in [3.8, 4) is 0 Å². The van der Waals surface area contributed by atoms with Crippen LogP contribution >= 0.6 is 0 Å². The summed E-state index contributed by atoms with van der Waals surface area (Å²) in [5, 5.41) is 0. The van der Waals surface area contributed by atoms with Crippen molar-refractivity contribution >= 4 is 41.8 Å². The fraction of sp³-hybridized carbons (Fsp3) is 0.280. The standard InChI is InChI=1S/C25H28F9N3Si3/c1-38(2,35-16-10-7-13(26)19(29)22(16)32)25(39(3,4)36-17-11-8-14(27)20(30)23(17)33)40(5,6)37-18-12-9-15(28)21(31)24(18)34/h7-12,25,35-37H,1-6H3. The summed E-state index contributed by atoms with van der Waals surface area (Å²) >= 11 is 0. The second-order valence-electron chi connectivity index (χ2n) is 11.1. The highest BCUT2D eigenvalue weighted by atomic mass is 28.5. The Morgan fingerprint density at radius 2 is 0.625 bits per heavy atom. The van der Waals surface area contributed by atoms with Gasteiger partial charge in [0.15, 0.2) is 52.4 Å². The SMILES string of the molecule is C[Si](C)(Nc1ccc(F)c(F)c1F)C([Si](C)(C)Nc1ccc(F)c(F)c1F)[Si](C)(C)Nc1ccc(F)c(F)c1F. The van der Waals surface area contributed by atoms with Crippen molar-refractivity contribution in [2.75, 3.05) is 14.9 Å². The van der Waals surface area contributed by atoms with Crippen molar-refractivity contribution in [1.29, 1.82) is 0 Å². The van der Waals surface area contributed by atoms with Crippen LogP contribution in [-0.4, -0.2) is 24.7 Å². The van der Waals surface area contributed by atoms with E-state index in [1.165, 1.54) is 0 Å². The maximum Gasteiger partial charge on any atom is 0.196 e. The van der Waals surface area contributed by atoms with Crippen LogP contribution in [0.5, 0.6) is 0 Å². The molecular weight excluding hydrogens is 598 g/mol. The number of hydrogen-bond acceptors (Lipinski definition) is 3. The van der Waals surface area contributed by atoms with E-state index in [1.807, 2.05) is 0 Å². The second kappa shape index (κ2) is 11.2. The lowest BCUT2D eigenvalue weighted by atomic mass is 10.3. The highest BCUT2D eigenvalue weighted by Crippen LogP contribution is 2.42. The van der Waals surface area contributed by atoms with E-state index in [9.17, 15) is 39.5 Å². The molecule has 0 saturated heterocycles. The van der Waals surface area contributed by atoms with Gasteiger partial charge in [0.25, 0.3) is 0 Å². The van der Waals surface area contributed by atoms with Gasteiger partial charge in [-0.25, -0.2) is 39.5 Å². The van der Waals surface area contributed by atoms with Crippen molar-refractivity contribution in [2.45, 2.75) is 44.1 Å². The van der Waals surface area contributed by atoms with Crippen LogP contribution in [0.15, 0.2) is 36.4 Å². The van der Waals surface area contributed by atoms with Gasteiger partial charge in [-0.3, -0.25) is 0 Å². The predicted molar refractivity (Wildman–Crippen MR) is 146 cm³/mol. The van der Waals surface area contributed by atoms with Crippen LogP contribution in [0, 0.1) is 52.4 Å². The largest absolute Gasteiger partial charge is 0.408 e. The lowest BCUT2D eigenvalue weighted by Gasteiger charge is -2.50. The third-order valence-electron chi connectivity index (χ3n) is 6.64. The molecule has 0 aliphatic carbocycles. The van der Waals surface area contributed by atoms with Gasteiger partial charge in [0.2, 0.25) is 0 Å². The Bertz CT molecular complexity index is 1260. The summed E-state index contributed by atoms with van der Waals surface area (Å²) in [5.41, 5.74) is -1.02. The fourth-order valence-electron chi connectivity index (χ4n) is 5.83. The van der Waals surface area contributed by atoms with E-state index >= 15 is 0 Å². The first-order valence-corrected chi connectivity index (χ1v) is 21.3. The molecule has 0 fully saturated rings. The van der Waals surface area contributed by atoms with Crippen LogP contribution in [0.2, 0.25) is 44.1 Å².